The molecule has 11 heavy (non-hydrogen) atoms. The Hall–Kier alpha value is -0.150. The van der Waals surface area contributed by atoms with Gasteiger partial charge in [-0.05, 0) is 12.8 Å². The second-order valence-electron chi connectivity index (χ2n) is 2.84. The summed E-state index contributed by atoms with van der Waals surface area (Å²) in [4.78, 5) is 0. The van der Waals surface area contributed by atoms with Crippen molar-refractivity contribution in [3.63, 3.8) is 0 Å². The fourth-order valence-electron chi connectivity index (χ4n) is 0.949. The van der Waals surface area contributed by atoms with E-state index in [1.807, 2.05) is 0 Å². The van der Waals surface area contributed by atoms with Crippen LogP contribution in [-0.4, -0.2) is 24.4 Å². The van der Waals surface area contributed by atoms with E-state index in [0.717, 1.165) is 32.1 Å². The Kier molecular flexibility index (Phi) is 7.84. The average molecular weight is 163 g/mol. The van der Waals surface area contributed by atoms with Crippen LogP contribution in [0.5, 0.6) is 0 Å². The van der Waals surface area contributed by atoms with E-state index < -0.39 is 6.67 Å². The van der Waals surface area contributed by atoms with Gasteiger partial charge in [-0.15, -0.1) is 0 Å². The van der Waals surface area contributed by atoms with Gasteiger partial charge in [-0.25, -0.2) is 4.39 Å². The Bertz CT molecular complexity index is 80.5. The van der Waals surface area contributed by atoms with E-state index in [2.05, 4.69) is 0 Å². The monoisotopic (exact) mass is 163 g/mol. The second-order valence-corrected chi connectivity index (χ2v) is 2.84. The van der Waals surface area contributed by atoms with E-state index in [4.69, 9.17) is 10.8 Å². The molecule has 0 fully saturated rings. The standard InChI is InChI=1S/C8H18FNO/c9-7-8(10)5-3-1-2-4-6-11/h8,11H,1-7,10H2. The van der Waals surface area contributed by atoms with Crippen LogP contribution in [0.3, 0.4) is 0 Å². The molecule has 0 bridgehead atoms. The minimum atomic E-state index is -0.417. The summed E-state index contributed by atoms with van der Waals surface area (Å²) in [6.45, 7) is -0.158. The first kappa shape index (κ1) is 10.8. The normalized spacial score (nSPS) is 13.4. The lowest BCUT2D eigenvalue weighted by atomic mass is 10.1. The van der Waals surface area contributed by atoms with E-state index in [1.165, 1.54) is 0 Å². The maximum atomic E-state index is 11.8. The lowest BCUT2D eigenvalue weighted by Crippen LogP contribution is -2.21. The Balaban J connectivity index is 2.89. The molecule has 0 saturated heterocycles. The molecule has 2 nitrogen and oxygen atoms in total. The molecule has 0 radical (unpaired) electrons. The number of halogens is 1. The lowest BCUT2D eigenvalue weighted by Gasteiger charge is -2.05. The summed E-state index contributed by atoms with van der Waals surface area (Å²) in [7, 11) is 0. The van der Waals surface area contributed by atoms with Crippen LogP contribution in [0, 0.1) is 0 Å². The molecule has 0 amide bonds. The highest BCUT2D eigenvalue weighted by Crippen LogP contribution is 2.04. The van der Waals surface area contributed by atoms with Crippen molar-refractivity contribution in [1.29, 1.82) is 0 Å². The molecule has 1 atom stereocenters. The molecule has 3 heteroatoms. The molecule has 0 spiro atoms. The molecule has 0 aromatic heterocycles. The molecule has 68 valence electrons. The van der Waals surface area contributed by atoms with Crippen molar-refractivity contribution in [3.8, 4) is 0 Å². The first-order chi connectivity index (χ1) is 5.31. The highest BCUT2D eigenvalue weighted by molar-refractivity contribution is 4.58. The molecule has 3 N–H and O–H groups in total. The Morgan fingerprint density at radius 3 is 2.36 bits per heavy atom. The Morgan fingerprint density at radius 1 is 1.18 bits per heavy atom. The van der Waals surface area contributed by atoms with Crippen molar-refractivity contribution in [2.75, 3.05) is 13.3 Å². The van der Waals surface area contributed by atoms with Crippen LogP contribution in [0.2, 0.25) is 0 Å². The van der Waals surface area contributed by atoms with Crippen LogP contribution in [0.25, 0.3) is 0 Å². The quantitative estimate of drug-likeness (QED) is 0.554. The molecule has 0 saturated carbocycles. The summed E-state index contributed by atoms with van der Waals surface area (Å²) in [6, 6.07) is -0.274. The van der Waals surface area contributed by atoms with Crippen molar-refractivity contribution >= 4 is 0 Å². The predicted octanol–water partition coefficient (Wildman–Crippen LogP) is 1.23. The van der Waals surface area contributed by atoms with Gasteiger partial charge >= 0.3 is 0 Å². The van der Waals surface area contributed by atoms with E-state index in [0.29, 0.717) is 0 Å². The number of unbranched alkanes of at least 4 members (excludes halogenated alkanes) is 3. The highest BCUT2D eigenvalue weighted by Gasteiger charge is 1.99. The van der Waals surface area contributed by atoms with Crippen molar-refractivity contribution in [2.45, 2.75) is 38.1 Å². The molecule has 0 aliphatic rings. The van der Waals surface area contributed by atoms with Gasteiger partial charge in [0.1, 0.15) is 6.67 Å². The predicted molar refractivity (Wildman–Crippen MR) is 44.1 cm³/mol. The van der Waals surface area contributed by atoms with Crippen LogP contribution < -0.4 is 5.73 Å². The third-order valence-corrected chi connectivity index (χ3v) is 1.68. The summed E-state index contributed by atoms with van der Waals surface area (Å²) in [6.07, 6.45) is 4.67. The van der Waals surface area contributed by atoms with Crippen molar-refractivity contribution in [1.82, 2.24) is 0 Å². The van der Waals surface area contributed by atoms with Crippen LogP contribution in [0.15, 0.2) is 0 Å². The first-order valence-corrected chi connectivity index (χ1v) is 4.23. The first-order valence-electron chi connectivity index (χ1n) is 4.23. The maximum Gasteiger partial charge on any atom is 0.104 e. The second kappa shape index (κ2) is 7.95. The number of aliphatic hydroxyl groups excluding tert-OH is 1. The Labute approximate surface area is 67.6 Å². The van der Waals surface area contributed by atoms with Crippen LogP contribution >= 0.6 is 0 Å². The van der Waals surface area contributed by atoms with Gasteiger partial charge < -0.3 is 10.8 Å². The summed E-state index contributed by atoms with van der Waals surface area (Å²) in [5.41, 5.74) is 5.36. The van der Waals surface area contributed by atoms with Gasteiger partial charge in [-0.1, -0.05) is 19.3 Å². The minimum absolute atomic E-state index is 0.259. The molecule has 0 aromatic rings. The molecule has 0 aliphatic carbocycles. The van der Waals surface area contributed by atoms with Crippen molar-refractivity contribution < 1.29 is 9.50 Å². The van der Waals surface area contributed by atoms with Gasteiger partial charge in [0.15, 0.2) is 0 Å². The van der Waals surface area contributed by atoms with Gasteiger partial charge in [0.05, 0.1) is 0 Å². The number of nitrogens with two attached hydrogens (primary N) is 1. The third kappa shape index (κ3) is 7.75. The SMILES string of the molecule is NC(CF)CCCCCCO. The topological polar surface area (TPSA) is 46.2 Å². The fraction of sp³-hybridized carbons (Fsp3) is 1.00. The lowest BCUT2D eigenvalue weighted by molar-refractivity contribution is 0.281. The number of hydrogen-bond donors (Lipinski definition) is 2. The third-order valence-electron chi connectivity index (χ3n) is 1.68. The molecule has 0 rings (SSSR count). The van der Waals surface area contributed by atoms with E-state index >= 15 is 0 Å². The van der Waals surface area contributed by atoms with E-state index in [1.54, 1.807) is 0 Å². The number of hydrogen-bond acceptors (Lipinski definition) is 2. The summed E-state index contributed by atoms with van der Waals surface area (Å²) in [5.74, 6) is 0. The Morgan fingerprint density at radius 2 is 1.82 bits per heavy atom. The zero-order valence-electron chi connectivity index (χ0n) is 6.93. The molecular weight excluding hydrogens is 145 g/mol. The summed E-state index contributed by atoms with van der Waals surface area (Å²) >= 11 is 0. The smallest absolute Gasteiger partial charge is 0.104 e. The van der Waals surface area contributed by atoms with Crippen molar-refractivity contribution in [3.05, 3.63) is 0 Å². The van der Waals surface area contributed by atoms with Gasteiger partial charge in [-0.3, -0.25) is 0 Å². The van der Waals surface area contributed by atoms with E-state index in [-0.39, 0.29) is 12.6 Å². The van der Waals surface area contributed by atoms with Crippen LogP contribution in [0.4, 0.5) is 4.39 Å². The van der Waals surface area contributed by atoms with Gasteiger partial charge in [0, 0.05) is 12.6 Å². The summed E-state index contributed by atoms with van der Waals surface area (Å²) in [5, 5.41) is 8.44. The molecule has 0 aromatic carbocycles. The fourth-order valence-corrected chi connectivity index (χ4v) is 0.949. The van der Waals surface area contributed by atoms with Crippen LogP contribution in [0.1, 0.15) is 32.1 Å². The zero-order chi connectivity index (χ0) is 8.53. The highest BCUT2D eigenvalue weighted by atomic mass is 19.1. The average Bonchev–Trinajstić information content (AvgIpc) is 2.04. The number of alkyl halides is 1. The number of aliphatic hydroxyl groups is 1. The molecule has 0 aliphatic heterocycles. The minimum Gasteiger partial charge on any atom is -0.396 e. The van der Waals surface area contributed by atoms with Gasteiger partial charge in [0.25, 0.3) is 0 Å². The zero-order valence-corrected chi connectivity index (χ0v) is 6.93. The molecule has 0 heterocycles. The van der Waals surface area contributed by atoms with Crippen molar-refractivity contribution in [2.24, 2.45) is 5.73 Å². The largest absolute Gasteiger partial charge is 0.396 e. The molecule has 1 unspecified atom stereocenters. The molecular formula is C8H18FNO. The van der Waals surface area contributed by atoms with Gasteiger partial charge in [0.2, 0.25) is 0 Å². The maximum absolute atomic E-state index is 11.8. The van der Waals surface area contributed by atoms with E-state index in [9.17, 15) is 4.39 Å². The van der Waals surface area contributed by atoms with Crippen LogP contribution in [-0.2, 0) is 0 Å². The number of rotatable bonds is 7. The summed E-state index contributed by atoms with van der Waals surface area (Å²) < 4.78 is 11.8. The van der Waals surface area contributed by atoms with Gasteiger partial charge in [-0.2, -0.15) is 0 Å².